The van der Waals surface area contributed by atoms with Crippen LogP contribution in [0.4, 0.5) is 4.79 Å². The summed E-state index contributed by atoms with van der Waals surface area (Å²) >= 11 is 3.56. The van der Waals surface area contributed by atoms with Crippen LogP contribution in [-0.2, 0) is 17.8 Å². The molecule has 0 atom stereocenters. The summed E-state index contributed by atoms with van der Waals surface area (Å²) in [5.74, 6) is 0.721. The van der Waals surface area contributed by atoms with Crippen LogP contribution in [0, 0.1) is 6.92 Å². The normalized spacial score (nSPS) is 11.3. The molecule has 0 N–H and O–H groups in total. The van der Waals surface area contributed by atoms with E-state index < -0.39 is 5.60 Å². The lowest BCUT2D eigenvalue weighted by Crippen LogP contribution is -2.36. The Hall–Kier alpha value is -1.75. The van der Waals surface area contributed by atoms with Crippen molar-refractivity contribution >= 4 is 22.0 Å². The van der Waals surface area contributed by atoms with Crippen molar-refractivity contribution in [3.8, 4) is 0 Å². The van der Waals surface area contributed by atoms with Crippen molar-refractivity contribution < 1.29 is 13.9 Å². The summed E-state index contributed by atoms with van der Waals surface area (Å²) in [7, 11) is 0. The van der Waals surface area contributed by atoms with Crippen LogP contribution in [0.15, 0.2) is 45.5 Å². The Bertz CT molecular complexity index is 659. The van der Waals surface area contributed by atoms with Crippen LogP contribution >= 0.6 is 15.9 Å². The van der Waals surface area contributed by atoms with Gasteiger partial charge in [0.1, 0.15) is 11.4 Å². The van der Waals surface area contributed by atoms with Crippen molar-refractivity contribution in [2.75, 3.05) is 0 Å². The van der Waals surface area contributed by atoms with E-state index in [9.17, 15) is 4.79 Å². The first-order chi connectivity index (χ1) is 10.7. The summed E-state index contributed by atoms with van der Waals surface area (Å²) in [5.41, 5.74) is 1.65. The Labute approximate surface area is 145 Å². The number of amides is 1. The average Bonchev–Trinajstić information content (AvgIpc) is 2.91. The van der Waals surface area contributed by atoms with E-state index in [-0.39, 0.29) is 6.09 Å². The van der Waals surface area contributed by atoms with Gasteiger partial charge in [-0.3, -0.25) is 4.90 Å². The summed E-state index contributed by atoms with van der Waals surface area (Å²) in [6, 6.07) is 9.74. The summed E-state index contributed by atoms with van der Waals surface area (Å²) in [6.45, 7) is 8.41. The van der Waals surface area contributed by atoms with Gasteiger partial charge in [-0.2, -0.15) is 0 Å². The van der Waals surface area contributed by atoms with E-state index in [1.165, 1.54) is 0 Å². The van der Waals surface area contributed by atoms with Gasteiger partial charge in [0, 0.05) is 4.47 Å². The van der Waals surface area contributed by atoms with Gasteiger partial charge in [0.05, 0.1) is 19.4 Å². The molecule has 5 heteroatoms. The molecule has 23 heavy (non-hydrogen) atoms. The van der Waals surface area contributed by atoms with Gasteiger partial charge in [0.2, 0.25) is 0 Å². The molecule has 1 aromatic heterocycles. The van der Waals surface area contributed by atoms with Crippen LogP contribution < -0.4 is 0 Å². The van der Waals surface area contributed by atoms with E-state index in [0.29, 0.717) is 13.1 Å². The fourth-order valence-corrected chi connectivity index (χ4v) is 2.71. The highest BCUT2D eigenvalue weighted by atomic mass is 79.9. The smallest absolute Gasteiger partial charge is 0.411 e. The molecule has 0 saturated carbocycles. The quantitative estimate of drug-likeness (QED) is 0.724. The van der Waals surface area contributed by atoms with Crippen molar-refractivity contribution in [2.24, 2.45) is 0 Å². The van der Waals surface area contributed by atoms with Crippen molar-refractivity contribution in [3.05, 3.63) is 58.0 Å². The van der Waals surface area contributed by atoms with Crippen LogP contribution in [0.1, 0.15) is 37.7 Å². The van der Waals surface area contributed by atoms with Gasteiger partial charge in [-0.1, -0.05) is 28.1 Å². The van der Waals surface area contributed by atoms with Crippen LogP contribution in [0.25, 0.3) is 0 Å². The minimum Gasteiger partial charge on any atom is -0.467 e. The first-order valence-corrected chi connectivity index (χ1v) is 8.29. The zero-order valence-electron chi connectivity index (χ0n) is 13.9. The number of furan rings is 1. The fourth-order valence-electron chi connectivity index (χ4n) is 2.09. The SMILES string of the molecule is Cc1ccc(CN(Cc2ccco2)C(=O)OC(C)(C)C)c(Br)c1. The Balaban J connectivity index is 2.20. The number of hydrogen-bond donors (Lipinski definition) is 0. The molecule has 0 aliphatic heterocycles. The number of carbonyl (C=O) groups is 1. The van der Waals surface area contributed by atoms with E-state index in [1.807, 2.05) is 58.0 Å². The van der Waals surface area contributed by atoms with Gasteiger partial charge in [-0.15, -0.1) is 0 Å². The second kappa shape index (κ2) is 7.21. The average molecular weight is 380 g/mol. The van der Waals surface area contributed by atoms with E-state index in [1.54, 1.807) is 11.2 Å². The maximum Gasteiger partial charge on any atom is 0.411 e. The zero-order valence-corrected chi connectivity index (χ0v) is 15.5. The van der Waals surface area contributed by atoms with Crippen LogP contribution in [0.2, 0.25) is 0 Å². The summed E-state index contributed by atoms with van der Waals surface area (Å²) < 4.78 is 11.9. The number of hydrogen-bond acceptors (Lipinski definition) is 3. The molecule has 124 valence electrons. The third-order valence-electron chi connectivity index (χ3n) is 3.15. The molecule has 0 aliphatic carbocycles. The van der Waals surface area contributed by atoms with Crippen LogP contribution in [0.5, 0.6) is 0 Å². The monoisotopic (exact) mass is 379 g/mol. The Morgan fingerprint density at radius 3 is 2.57 bits per heavy atom. The first-order valence-electron chi connectivity index (χ1n) is 7.50. The molecule has 0 spiro atoms. The highest BCUT2D eigenvalue weighted by molar-refractivity contribution is 9.10. The third kappa shape index (κ3) is 5.43. The highest BCUT2D eigenvalue weighted by Crippen LogP contribution is 2.22. The minimum atomic E-state index is -0.539. The fraction of sp³-hybridized carbons (Fsp3) is 0.389. The summed E-state index contributed by atoms with van der Waals surface area (Å²) in [5, 5.41) is 0. The predicted molar refractivity (Wildman–Crippen MR) is 93.1 cm³/mol. The van der Waals surface area contributed by atoms with Crippen LogP contribution in [0.3, 0.4) is 0 Å². The lowest BCUT2D eigenvalue weighted by molar-refractivity contribution is 0.0203. The zero-order chi connectivity index (χ0) is 17.0. The van der Waals surface area contributed by atoms with Crippen molar-refractivity contribution in [2.45, 2.75) is 46.4 Å². The molecular weight excluding hydrogens is 358 g/mol. The molecule has 0 radical (unpaired) electrons. The number of aryl methyl sites for hydroxylation is 1. The number of halogens is 1. The van der Waals surface area contributed by atoms with Crippen LogP contribution in [-0.4, -0.2) is 16.6 Å². The van der Waals surface area contributed by atoms with Gasteiger partial charge >= 0.3 is 6.09 Å². The topological polar surface area (TPSA) is 42.7 Å². The van der Waals surface area contributed by atoms with Crippen molar-refractivity contribution in [3.63, 3.8) is 0 Å². The molecule has 0 unspecified atom stereocenters. The van der Waals surface area contributed by atoms with E-state index in [4.69, 9.17) is 9.15 Å². The van der Waals surface area contributed by atoms with E-state index in [2.05, 4.69) is 15.9 Å². The summed E-state index contributed by atoms with van der Waals surface area (Å²) in [4.78, 5) is 14.2. The summed E-state index contributed by atoms with van der Waals surface area (Å²) in [6.07, 6.45) is 1.24. The Kier molecular flexibility index (Phi) is 5.52. The second-order valence-corrected chi connectivity index (χ2v) is 7.36. The predicted octanol–water partition coefficient (Wildman–Crippen LogP) is 5.29. The minimum absolute atomic E-state index is 0.360. The van der Waals surface area contributed by atoms with Gasteiger partial charge in [-0.05, 0) is 57.0 Å². The Morgan fingerprint density at radius 1 is 1.26 bits per heavy atom. The number of benzene rings is 1. The molecule has 0 saturated heterocycles. The molecule has 0 aliphatic rings. The molecule has 0 fully saturated rings. The second-order valence-electron chi connectivity index (χ2n) is 6.51. The molecular formula is C18H22BrNO3. The standard InChI is InChI=1S/C18H22BrNO3/c1-13-7-8-14(16(19)10-13)11-20(12-15-6-5-9-22-15)17(21)23-18(2,3)4/h5-10H,11-12H2,1-4H3. The maximum atomic E-state index is 12.5. The lowest BCUT2D eigenvalue weighted by atomic mass is 10.1. The van der Waals surface area contributed by atoms with Gasteiger partial charge < -0.3 is 9.15 Å². The van der Waals surface area contributed by atoms with Gasteiger partial charge in [-0.25, -0.2) is 4.79 Å². The molecule has 4 nitrogen and oxygen atoms in total. The van der Waals surface area contributed by atoms with Gasteiger partial charge in [0.25, 0.3) is 0 Å². The molecule has 2 aromatic rings. The highest BCUT2D eigenvalue weighted by Gasteiger charge is 2.23. The third-order valence-corrected chi connectivity index (χ3v) is 3.89. The molecule has 1 heterocycles. The molecule has 0 bridgehead atoms. The van der Waals surface area contributed by atoms with Gasteiger partial charge in [0.15, 0.2) is 0 Å². The maximum absolute atomic E-state index is 12.5. The Morgan fingerprint density at radius 2 is 2.00 bits per heavy atom. The number of rotatable bonds is 4. The first kappa shape index (κ1) is 17.6. The lowest BCUT2D eigenvalue weighted by Gasteiger charge is -2.27. The molecule has 2 rings (SSSR count). The van der Waals surface area contributed by atoms with E-state index >= 15 is 0 Å². The number of ether oxygens (including phenoxy) is 1. The van der Waals surface area contributed by atoms with Crippen molar-refractivity contribution in [1.82, 2.24) is 4.90 Å². The molecule has 1 aromatic carbocycles. The number of carbonyl (C=O) groups excluding carboxylic acids is 1. The molecule has 1 amide bonds. The van der Waals surface area contributed by atoms with E-state index in [0.717, 1.165) is 21.4 Å². The number of nitrogens with zero attached hydrogens (tertiary/aromatic N) is 1. The largest absolute Gasteiger partial charge is 0.467 e. The van der Waals surface area contributed by atoms with Crippen molar-refractivity contribution in [1.29, 1.82) is 0 Å².